The molecule has 0 amide bonds. The SMILES string of the molecule is CCCCc1cn(-c2c(C)ccn2CC)c(=O)n1Cc1ccc(-c2ccccc2-c2nn[nH]n2)nc1. The van der Waals surface area contributed by atoms with Crippen molar-refractivity contribution in [3.63, 3.8) is 0 Å². The van der Waals surface area contributed by atoms with Crippen LogP contribution in [0.4, 0.5) is 0 Å². The normalized spacial score (nSPS) is 11.3. The van der Waals surface area contributed by atoms with Crippen molar-refractivity contribution in [3.05, 3.63) is 88.4 Å². The van der Waals surface area contributed by atoms with Crippen LogP contribution in [-0.4, -0.2) is 39.3 Å². The van der Waals surface area contributed by atoms with Crippen LogP contribution in [-0.2, 0) is 19.5 Å². The van der Waals surface area contributed by atoms with Gasteiger partial charge in [-0.2, -0.15) is 5.21 Å². The number of aromatic amines is 1. The lowest BCUT2D eigenvalue weighted by atomic mass is 10.0. The largest absolute Gasteiger partial charge is 0.334 e. The first kappa shape index (κ1) is 23.5. The minimum atomic E-state index is -0.0240. The van der Waals surface area contributed by atoms with Crippen molar-refractivity contribution in [1.82, 2.24) is 39.3 Å². The first-order valence-corrected chi connectivity index (χ1v) is 12.4. The highest BCUT2D eigenvalue weighted by Gasteiger charge is 2.17. The summed E-state index contributed by atoms with van der Waals surface area (Å²) in [7, 11) is 0. The summed E-state index contributed by atoms with van der Waals surface area (Å²) in [6.45, 7) is 7.58. The van der Waals surface area contributed by atoms with Gasteiger partial charge in [0.15, 0.2) is 0 Å². The first-order chi connectivity index (χ1) is 17.6. The second-order valence-corrected chi connectivity index (χ2v) is 8.90. The van der Waals surface area contributed by atoms with Gasteiger partial charge < -0.3 is 4.57 Å². The topological polar surface area (TPSA) is 99.2 Å². The third-order valence-corrected chi connectivity index (χ3v) is 6.50. The van der Waals surface area contributed by atoms with Gasteiger partial charge in [-0.15, -0.1) is 10.2 Å². The van der Waals surface area contributed by atoms with Crippen LogP contribution in [0.15, 0.2) is 65.8 Å². The van der Waals surface area contributed by atoms with Crippen molar-refractivity contribution >= 4 is 0 Å². The predicted molar refractivity (Wildman–Crippen MR) is 139 cm³/mol. The quantitative estimate of drug-likeness (QED) is 0.336. The van der Waals surface area contributed by atoms with Crippen LogP contribution in [0.25, 0.3) is 28.5 Å². The standard InChI is InChI=1S/C27H30N8O/c1-4-6-9-21-18-35(26-19(3)14-15-33(26)5-2)27(36)34(21)17-20-12-13-24(28-16-20)22-10-7-8-11-23(22)25-29-31-32-30-25/h7-8,10-16,18H,4-6,9,17H2,1-3H3,(H,29,30,31,32). The summed E-state index contributed by atoms with van der Waals surface area (Å²) in [5, 5.41) is 14.4. The van der Waals surface area contributed by atoms with Gasteiger partial charge in [0.2, 0.25) is 5.82 Å². The van der Waals surface area contributed by atoms with Gasteiger partial charge in [-0.3, -0.25) is 14.1 Å². The summed E-state index contributed by atoms with van der Waals surface area (Å²) >= 11 is 0. The molecule has 0 radical (unpaired) electrons. The Balaban J connectivity index is 1.48. The average Bonchev–Trinajstić information content (AvgIpc) is 3.64. The fourth-order valence-corrected chi connectivity index (χ4v) is 4.60. The highest BCUT2D eigenvalue weighted by molar-refractivity contribution is 5.78. The Hall–Kier alpha value is -4.27. The summed E-state index contributed by atoms with van der Waals surface area (Å²) in [5.41, 5.74) is 5.66. The van der Waals surface area contributed by atoms with E-state index in [1.54, 1.807) is 4.57 Å². The molecule has 9 heteroatoms. The van der Waals surface area contributed by atoms with E-state index in [2.05, 4.69) is 45.1 Å². The molecular formula is C27H30N8O. The Morgan fingerprint density at radius 3 is 2.56 bits per heavy atom. The molecule has 9 nitrogen and oxygen atoms in total. The van der Waals surface area contributed by atoms with Crippen LogP contribution in [0.2, 0.25) is 0 Å². The lowest BCUT2D eigenvalue weighted by Crippen LogP contribution is -2.26. The number of aryl methyl sites for hydroxylation is 3. The molecule has 0 saturated heterocycles. The Labute approximate surface area is 209 Å². The van der Waals surface area contributed by atoms with Crippen LogP contribution in [0.1, 0.15) is 43.5 Å². The molecule has 0 atom stereocenters. The number of rotatable bonds is 9. The van der Waals surface area contributed by atoms with Crippen molar-refractivity contribution in [2.24, 2.45) is 0 Å². The molecule has 0 aliphatic heterocycles. The minimum absolute atomic E-state index is 0.0240. The molecule has 4 heterocycles. The smallest absolute Gasteiger partial charge is 0.334 e. The maximum atomic E-state index is 13.6. The van der Waals surface area contributed by atoms with Crippen molar-refractivity contribution in [2.75, 3.05) is 0 Å². The van der Waals surface area contributed by atoms with E-state index in [-0.39, 0.29) is 5.69 Å². The number of benzene rings is 1. The lowest BCUT2D eigenvalue weighted by molar-refractivity contribution is 0.663. The average molecular weight is 483 g/mol. The zero-order valence-electron chi connectivity index (χ0n) is 20.8. The van der Waals surface area contributed by atoms with E-state index in [1.165, 1.54) is 0 Å². The van der Waals surface area contributed by atoms with Crippen LogP contribution in [0.3, 0.4) is 0 Å². The van der Waals surface area contributed by atoms with Crippen molar-refractivity contribution < 1.29 is 0 Å². The molecule has 0 aliphatic rings. The number of aromatic nitrogens is 8. The second kappa shape index (κ2) is 10.2. The molecule has 0 spiro atoms. The number of H-pyrrole nitrogens is 1. The van der Waals surface area contributed by atoms with Gasteiger partial charge >= 0.3 is 5.69 Å². The van der Waals surface area contributed by atoms with E-state index in [4.69, 9.17) is 4.98 Å². The summed E-state index contributed by atoms with van der Waals surface area (Å²) in [6, 6.07) is 13.9. The lowest BCUT2D eigenvalue weighted by Gasteiger charge is -2.10. The van der Waals surface area contributed by atoms with Gasteiger partial charge in [0.1, 0.15) is 5.82 Å². The molecule has 0 fully saturated rings. The van der Waals surface area contributed by atoms with Gasteiger partial charge in [-0.05, 0) is 55.2 Å². The molecular weight excluding hydrogens is 452 g/mol. The number of nitrogens with one attached hydrogen (secondary N) is 1. The highest BCUT2D eigenvalue weighted by Crippen LogP contribution is 2.28. The molecule has 184 valence electrons. The number of nitrogens with zero attached hydrogens (tertiary/aromatic N) is 7. The zero-order chi connectivity index (χ0) is 25.1. The number of hydrogen-bond donors (Lipinski definition) is 1. The third-order valence-electron chi connectivity index (χ3n) is 6.50. The number of unbranched alkanes of at least 4 members (excludes halogenated alkanes) is 1. The molecule has 36 heavy (non-hydrogen) atoms. The van der Waals surface area contributed by atoms with E-state index in [9.17, 15) is 4.79 Å². The number of imidazole rings is 1. The van der Waals surface area contributed by atoms with E-state index < -0.39 is 0 Å². The van der Waals surface area contributed by atoms with Crippen molar-refractivity contribution in [3.8, 4) is 28.5 Å². The molecule has 4 aromatic heterocycles. The van der Waals surface area contributed by atoms with E-state index in [0.29, 0.717) is 12.4 Å². The highest BCUT2D eigenvalue weighted by atomic mass is 16.1. The zero-order valence-corrected chi connectivity index (χ0v) is 20.8. The van der Waals surface area contributed by atoms with Crippen LogP contribution >= 0.6 is 0 Å². The van der Waals surface area contributed by atoms with Crippen molar-refractivity contribution in [1.29, 1.82) is 0 Å². The summed E-state index contributed by atoms with van der Waals surface area (Å²) in [6.07, 6.45) is 8.84. The van der Waals surface area contributed by atoms with Crippen molar-refractivity contribution in [2.45, 2.75) is 53.1 Å². The maximum Gasteiger partial charge on any atom is 0.334 e. The molecule has 0 aliphatic carbocycles. The molecule has 1 N–H and O–H groups in total. The predicted octanol–water partition coefficient (Wildman–Crippen LogP) is 4.40. The van der Waals surface area contributed by atoms with Gasteiger partial charge in [0, 0.05) is 42.0 Å². The van der Waals surface area contributed by atoms with Gasteiger partial charge in [-0.1, -0.05) is 43.7 Å². The molecule has 0 unspecified atom stereocenters. The molecule has 5 rings (SSSR count). The third kappa shape index (κ3) is 4.39. The van der Waals surface area contributed by atoms with Gasteiger partial charge in [0.25, 0.3) is 0 Å². The number of tetrazole rings is 1. The first-order valence-electron chi connectivity index (χ1n) is 12.4. The Bertz CT molecular complexity index is 1510. The minimum Gasteiger partial charge on any atom is -0.334 e. The molecule has 0 saturated carbocycles. The van der Waals surface area contributed by atoms with E-state index >= 15 is 0 Å². The second-order valence-electron chi connectivity index (χ2n) is 8.90. The maximum absolute atomic E-state index is 13.6. The number of pyridine rings is 1. The Morgan fingerprint density at radius 2 is 1.86 bits per heavy atom. The van der Waals surface area contributed by atoms with E-state index in [1.807, 2.05) is 66.5 Å². The van der Waals surface area contributed by atoms with E-state index in [0.717, 1.165) is 65.3 Å². The molecule has 5 aromatic rings. The van der Waals surface area contributed by atoms with Crippen LogP contribution in [0, 0.1) is 6.92 Å². The Kier molecular flexibility index (Phi) is 6.62. The summed E-state index contributed by atoms with van der Waals surface area (Å²) in [5.74, 6) is 1.46. The van der Waals surface area contributed by atoms with Gasteiger partial charge in [0.05, 0.1) is 12.2 Å². The molecule has 1 aromatic carbocycles. The van der Waals surface area contributed by atoms with Crippen LogP contribution in [0.5, 0.6) is 0 Å². The number of hydrogen-bond acceptors (Lipinski definition) is 5. The fraction of sp³-hybridized carbons (Fsp3) is 0.296. The van der Waals surface area contributed by atoms with Crippen LogP contribution < -0.4 is 5.69 Å². The fourth-order valence-electron chi connectivity index (χ4n) is 4.60. The monoisotopic (exact) mass is 482 g/mol. The summed E-state index contributed by atoms with van der Waals surface area (Å²) in [4.78, 5) is 18.3. The summed E-state index contributed by atoms with van der Waals surface area (Å²) < 4.78 is 5.79. The van der Waals surface area contributed by atoms with Gasteiger partial charge in [-0.25, -0.2) is 4.79 Å². The Morgan fingerprint density at radius 1 is 1.03 bits per heavy atom. The molecule has 0 bridgehead atoms.